The molecule has 2 aliphatic rings. The van der Waals surface area contributed by atoms with Crippen molar-refractivity contribution in [1.82, 2.24) is 19.9 Å². The second-order valence-corrected chi connectivity index (χ2v) is 9.15. The molecule has 7 nitrogen and oxygen atoms in total. The number of carbonyl (C=O) groups excluding carboxylic acids is 1. The average Bonchev–Trinajstić information content (AvgIpc) is 2.79. The van der Waals surface area contributed by atoms with E-state index in [1.165, 1.54) is 0 Å². The molecule has 0 saturated carbocycles. The van der Waals surface area contributed by atoms with Gasteiger partial charge in [-0.15, -0.1) is 0 Å². The maximum absolute atomic E-state index is 12.9. The summed E-state index contributed by atoms with van der Waals surface area (Å²) < 4.78 is 5.48. The number of rotatable bonds is 3. The highest BCUT2D eigenvalue weighted by Gasteiger charge is 2.33. The molecule has 1 atom stereocenters. The number of aromatic nitrogens is 3. The smallest absolute Gasteiger partial charge is 0.227 e. The van der Waals surface area contributed by atoms with Crippen LogP contribution in [0.25, 0.3) is 11.1 Å². The molecule has 2 fully saturated rings. The van der Waals surface area contributed by atoms with Crippen LogP contribution in [0, 0.1) is 5.41 Å². The molecule has 1 unspecified atom stereocenters. The van der Waals surface area contributed by atoms with E-state index in [1.54, 1.807) is 6.20 Å². The van der Waals surface area contributed by atoms with Gasteiger partial charge in [-0.05, 0) is 18.9 Å². The van der Waals surface area contributed by atoms with Gasteiger partial charge in [0.2, 0.25) is 11.9 Å². The number of hydrogen-bond donors (Lipinski definition) is 0. The number of hydrogen-bond acceptors (Lipinski definition) is 6. The van der Waals surface area contributed by atoms with Crippen LogP contribution < -0.4 is 4.90 Å². The van der Waals surface area contributed by atoms with Gasteiger partial charge in [-0.2, -0.15) is 0 Å². The largest absolute Gasteiger partial charge is 0.378 e. The third kappa shape index (κ3) is 4.46. The van der Waals surface area contributed by atoms with Crippen molar-refractivity contribution in [2.45, 2.75) is 39.5 Å². The Hall–Kier alpha value is -2.54. The lowest BCUT2D eigenvalue weighted by Gasteiger charge is -2.37. The number of carbonyl (C=O) groups is 1. The molecule has 0 aromatic carbocycles. The van der Waals surface area contributed by atoms with Crippen molar-refractivity contribution >= 4 is 11.9 Å². The van der Waals surface area contributed by atoms with Gasteiger partial charge in [0.05, 0.1) is 18.9 Å². The first-order valence-corrected chi connectivity index (χ1v) is 10.8. The fraction of sp³-hybridized carbons (Fsp3) is 0.565. The van der Waals surface area contributed by atoms with E-state index >= 15 is 0 Å². The standard InChI is InChI=1S/C23H31N5O2/c1-23(2,3)21(29)28-9-5-7-18(16-28)20-19(17-6-4-8-24-14-17)15-25-22(26-20)27-10-12-30-13-11-27/h4,6,8,14-15,18H,5,7,9-13,16H2,1-3H3. The Morgan fingerprint density at radius 3 is 2.67 bits per heavy atom. The predicted octanol–water partition coefficient (Wildman–Crippen LogP) is 3.13. The molecule has 4 heterocycles. The third-order valence-electron chi connectivity index (χ3n) is 5.81. The molecular formula is C23H31N5O2. The summed E-state index contributed by atoms with van der Waals surface area (Å²) in [6.45, 7) is 10.5. The number of ether oxygens (including phenoxy) is 1. The molecule has 0 N–H and O–H groups in total. The van der Waals surface area contributed by atoms with E-state index in [1.807, 2.05) is 50.2 Å². The molecule has 30 heavy (non-hydrogen) atoms. The minimum Gasteiger partial charge on any atom is -0.378 e. The zero-order valence-electron chi connectivity index (χ0n) is 18.2. The predicted molar refractivity (Wildman–Crippen MR) is 116 cm³/mol. The van der Waals surface area contributed by atoms with E-state index in [9.17, 15) is 4.79 Å². The molecule has 2 aromatic heterocycles. The zero-order valence-corrected chi connectivity index (χ0v) is 18.2. The van der Waals surface area contributed by atoms with Crippen LogP contribution in [0.1, 0.15) is 45.2 Å². The van der Waals surface area contributed by atoms with E-state index in [0.29, 0.717) is 19.8 Å². The SMILES string of the molecule is CC(C)(C)C(=O)N1CCCC(c2nc(N3CCOCC3)ncc2-c2cccnc2)C1. The van der Waals surface area contributed by atoms with Crippen molar-refractivity contribution in [3.63, 3.8) is 0 Å². The molecule has 1 amide bonds. The highest BCUT2D eigenvalue weighted by molar-refractivity contribution is 5.81. The molecule has 4 rings (SSSR count). The van der Waals surface area contributed by atoms with Crippen LogP contribution in [0.4, 0.5) is 5.95 Å². The van der Waals surface area contributed by atoms with Crippen LogP contribution in [-0.4, -0.2) is 65.2 Å². The van der Waals surface area contributed by atoms with E-state index < -0.39 is 0 Å². The molecule has 160 valence electrons. The van der Waals surface area contributed by atoms with Gasteiger partial charge in [-0.1, -0.05) is 26.8 Å². The highest BCUT2D eigenvalue weighted by Crippen LogP contribution is 2.35. The van der Waals surface area contributed by atoms with Gasteiger partial charge in [0.15, 0.2) is 0 Å². The molecule has 0 radical (unpaired) electrons. The van der Waals surface area contributed by atoms with Crippen LogP contribution in [0.15, 0.2) is 30.7 Å². The lowest BCUT2D eigenvalue weighted by Crippen LogP contribution is -2.45. The van der Waals surface area contributed by atoms with Crippen LogP contribution in [0.3, 0.4) is 0 Å². The van der Waals surface area contributed by atoms with E-state index in [4.69, 9.17) is 9.72 Å². The van der Waals surface area contributed by atoms with Crippen molar-refractivity contribution in [3.05, 3.63) is 36.4 Å². The summed E-state index contributed by atoms with van der Waals surface area (Å²) in [5.41, 5.74) is 2.67. The van der Waals surface area contributed by atoms with Crippen LogP contribution in [0.2, 0.25) is 0 Å². The normalized spacial score (nSPS) is 20.3. The summed E-state index contributed by atoms with van der Waals surface area (Å²) in [6.07, 6.45) is 7.55. The quantitative estimate of drug-likeness (QED) is 0.776. The van der Waals surface area contributed by atoms with Gasteiger partial charge in [-0.25, -0.2) is 9.97 Å². The lowest BCUT2D eigenvalue weighted by molar-refractivity contribution is -0.140. The summed E-state index contributed by atoms with van der Waals surface area (Å²) in [6, 6.07) is 3.98. The number of amides is 1. The fourth-order valence-electron chi connectivity index (χ4n) is 4.22. The zero-order chi connectivity index (χ0) is 21.1. The topological polar surface area (TPSA) is 71.5 Å². The molecule has 2 aliphatic heterocycles. The summed E-state index contributed by atoms with van der Waals surface area (Å²) in [5.74, 6) is 1.14. The maximum atomic E-state index is 12.9. The van der Waals surface area contributed by atoms with E-state index in [2.05, 4.69) is 14.9 Å². The van der Waals surface area contributed by atoms with Gasteiger partial charge in [0.25, 0.3) is 0 Å². The van der Waals surface area contributed by atoms with Crippen LogP contribution in [0.5, 0.6) is 0 Å². The Bertz CT molecular complexity index is 875. The first-order valence-electron chi connectivity index (χ1n) is 10.8. The Balaban J connectivity index is 1.69. The van der Waals surface area contributed by atoms with Gasteiger partial charge < -0.3 is 14.5 Å². The Morgan fingerprint density at radius 2 is 1.97 bits per heavy atom. The van der Waals surface area contributed by atoms with Crippen molar-refractivity contribution in [3.8, 4) is 11.1 Å². The molecule has 0 spiro atoms. The number of pyridine rings is 1. The van der Waals surface area contributed by atoms with Gasteiger partial charge >= 0.3 is 0 Å². The third-order valence-corrected chi connectivity index (χ3v) is 5.81. The monoisotopic (exact) mass is 409 g/mol. The summed E-state index contributed by atoms with van der Waals surface area (Å²) in [4.78, 5) is 31.1. The number of anilines is 1. The van der Waals surface area contributed by atoms with Crippen molar-refractivity contribution in [2.75, 3.05) is 44.3 Å². The first-order chi connectivity index (χ1) is 14.4. The molecule has 2 aromatic rings. The second kappa shape index (κ2) is 8.68. The van der Waals surface area contributed by atoms with Crippen molar-refractivity contribution in [2.24, 2.45) is 5.41 Å². The average molecular weight is 410 g/mol. The Labute approximate surface area is 178 Å². The van der Waals surface area contributed by atoms with Crippen LogP contribution in [-0.2, 0) is 9.53 Å². The highest BCUT2D eigenvalue weighted by atomic mass is 16.5. The number of likely N-dealkylation sites (tertiary alicyclic amines) is 1. The fourth-order valence-corrected chi connectivity index (χ4v) is 4.22. The van der Waals surface area contributed by atoms with Crippen molar-refractivity contribution in [1.29, 1.82) is 0 Å². The maximum Gasteiger partial charge on any atom is 0.227 e. The molecule has 7 heteroatoms. The van der Waals surface area contributed by atoms with Crippen molar-refractivity contribution < 1.29 is 9.53 Å². The molecular weight excluding hydrogens is 378 g/mol. The Morgan fingerprint density at radius 1 is 1.17 bits per heavy atom. The van der Waals surface area contributed by atoms with Crippen LogP contribution >= 0.6 is 0 Å². The Kier molecular flexibility index (Phi) is 5.99. The summed E-state index contributed by atoms with van der Waals surface area (Å²) in [5, 5.41) is 0. The summed E-state index contributed by atoms with van der Waals surface area (Å²) >= 11 is 0. The molecule has 0 bridgehead atoms. The first kappa shape index (κ1) is 20.7. The van der Waals surface area contributed by atoms with E-state index in [0.717, 1.165) is 55.2 Å². The molecule has 0 aliphatic carbocycles. The van der Waals surface area contributed by atoms with E-state index in [-0.39, 0.29) is 17.2 Å². The summed E-state index contributed by atoms with van der Waals surface area (Å²) in [7, 11) is 0. The molecule has 2 saturated heterocycles. The minimum atomic E-state index is -0.376. The number of nitrogens with zero attached hydrogens (tertiary/aromatic N) is 5. The second-order valence-electron chi connectivity index (χ2n) is 9.15. The number of morpholine rings is 1. The minimum absolute atomic E-state index is 0.183. The number of piperidine rings is 1. The van der Waals surface area contributed by atoms with Gasteiger partial charge in [0, 0.05) is 67.2 Å². The van der Waals surface area contributed by atoms with Gasteiger partial charge in [0.1, 0.15) is 0 Å². The van der Waals surface area contributed by atoms with Gasteiger partial charge in [-0.3, -0.25) is 9.78 Å². The lowest BCUT2D eigenvalue weighted by atomic mass is 9.88.